The number of hydrogen-bond donors (Lipinski definition) is 2. The Labute approximate surface area is 116 Å². The highest BCUT2D eigenvalue weighted by atomic mass is 16.5. The molecular weight excluding hydrogens is 236 g/mol. The third kappa shape index (κ3) is 4.03. The van der Waals surface area contributed by atoms with Crippen molar-refractivity contribution < 1.29 is 4.74 Å². The molecule has 1 aliphatic heterocycles. The molecule has 0 saturated carbocycles. The van der Waals surface area contributed by atoms with Gasteiger partial charge < -0.3 is 4.74 Å². The van der Waals surface area contributed by atoms with Crippen molar-refractivity contribution in [3.63, 3.8) is 0 Å². The number of nitrogens with two attached hydrogens (primary N) is 1. The van der Waals surface area contributed by atoms with Crippen LogP contribution < -0.4 is 11.3 Å². The van der Waals surface area contributed by atoms with Gasteiger partial charge in [-0.15, -0.1) is 0 Å². The van der Waals surface area contributed by atoms with Gasteiger partial charge in [0, 0.05) is 12.6 Å². The maximum atomic E-state index is 5.70. The van der Waals surface area contributed by atoms with Crippen molar-refractivity contribution in [1.29, 1.82) is 0 Å². The minimum atomic E-state index is 0.227. The first kappa shape index (κ1) is 14.5. The summed E-state index contributed by atoms with van der Waals surface area (Å²) in [5, 5.41) is 0. The third-order valence-corrected chi connectivity index (χ3v) is 4.01. The third-order valence-electron chi connectivity index (χ3n) is 4.01. The van der Waals surface area contributed by atoms with Gasteiger partial charge in [-0.25, -0.2) is 0 Å². The second-order valence-corrected chi connectivity index (χ2v) is 5.75. The fraction of sp³-hybridized carbons (Fsp3) is 0.625. The number of benzene rings is 1. The minimum absolute atomic E-state index is 0.227. The number of hydrazine groups is 1. The predicted molar refractivity (Wildman–Crippen MR) is 78.8 cm³/mol. The molecule has 0 aliphatic carbocycles. The lowest BCUT2D eigenvalue weighted by molar-refractivity contribution is 0.0996. The van der Waals surface area contributed by atoms with E-state index in [1.807, 2.05) is 0 Å². The van der Waals surface area contributed by atoms with E-state index < -0.39 is 0 Å². The van der Waals surface area contributed by atoms with E-state index in [-0.39, 0.29) is 6.04 Å². The van der Waals surface area contributed by atoms with Gasteiger partial charge >= 0.3 is 0 Å². The molecule has 3 N–H and O–H groups in total. The molecule has 0 bridgehead atoms. The molecule has 0 radical (unpaired) electrons. The SMILES string of the molecule is CC(C)c1ccc(C(CCC2CCCO2)NN)cc1. The average molecular weight is 262 g/mol. The van der Waals surface area contributed by atoms with E-state index in [9.17, 15) is 0 Å². The molecule has 2 unspecified atom stereocenters. The molecule has 3 heteroatoms. The van der Waals surface area contributed by atoms with Crippen molar-refractivity contribution in [1.82, 2.24) is 5.43 Å². The molecule has 1 saturated heterocycles. The van der Waals surface area contributed by atoms with Crippen LogP contribution in [0.4, 0.5) is 0 Å². The lowest BCUT2D eigenvalue weighted by atomic mass is 9.96. The summed E-state index contributed by atoms with van der Waals surface area (Å²) in [5.74, 6) is 6.27. The second-order valence-electron chi connectivity index (χ2n) is 5.75. The molecule has 19 heavy (non-hydrogen) atoms. The van der Waals surface area contributed by atoms with Crippen molar-refractivity contribution in [2.24, 2.45) is 5.84 Å². The lowest BCUT2D eigenvalue weighted by Gasteiger charge is -2.19. The van der Waals surface area contributed by atoms with Crippen LogP contribution in [0.1, 0.15) is 62.6 Å². The van der Waals surface area contributed by atoms with E-state index in [2.05, 4.69) is 43.5 Å². The van der Waals surface area contributed by atoms with Crippen molar-refractivity contribution >= 4 is 0 Å². The van der Waals surface area contributed by atoms with Gasteiger partial charge in [0.25, 0.3) is 0 Å². The normalized spacial score (nSPS) is 20.9. The molecule has 0 spiro atoms. The maximum Gasteiger partial charge on any atom is 0.0576 e. The summed E-state index contributed by atoms with van der Waals surface area (Å²) in [6.45, 7) is 5.35. The molecule has 3 nitrogen and oxygen atoms in total. The number of nitrogens with one attached hydrogen (secondary N) is 1. The van der Waals surface area contributed by atoms with Crippen LogP contribution in [0.15, 0.2) is 24.3 Å². The standard InChI is InChI=1S/C16H26N2O/c1-12(2)13-5-7-14(8-6-13)16(18-17)10-9-15-4-3-11-19-15/h5-8,12,15-16,18H,3-4,9-11,17H2,1-2H3. The zero-order valence-electron chi connectivity index (χ0n) is 12.1. The first-order valence-corrected chi connectivity index (χ1v) is 7.38. The van der Waals surface area contributed by atoms with E-state index >= 15 is 0 Å². The fourth-order valence-corrected chi connectivity index (χ4v) is 2.68. The minimum Gasteiger partial charge on any atom is -0.378 e. The molecule has 1 aromatic carbocycles. The Balaban J connectivity index is 1.92. The Bertz CT molecular complexity index is 369. The lowest BCUT2D eigenvalue weighted by Crippen LogP contribution is -2.28. The monoisotopic (exact) mass is 262 g/mol. The molecule has 1 aliphatic rings. The Morgan fingerprint density at radius 3 is 2.47 bits per heavy atom. The molecule has 0 aromatic heterocycles. The Kier molecular flexibility index (Phi) is 5.37. The van der Waals surface area contributed by atoms with Gasteiger partial charge in [-0.2, -0.15) is 0 Å². The van der Waals surface area contributed by atoms with Gasteiger partial charge in [0.1, 0.15) is 0 Å². The van der Waals surface area contributed by atoms with Crippen molar-refractivity contribution in [2.75, 3.05) is 6.61 Å². The van der Waals surface area contributed by atoms with Crippen molar-refractivity contribution in [2.45, 2.75) is 57.6 Å². The highest BCUT2D eigenvalue weighted by Gasteiger charge is 2.18. The zero-order valence-corrected chi connectivity index (χ0v) is 12.1. The summed E-state index contributed by atoms with van der Waals surface area (Å²) in [7, 11) is 0. The van der Waals surface area contributed by atoms with Gasteiger partial charge in [0.2, 0.25) is 0 Å². The largest absolute Gasteiger partial charge is 0.378 e. The quantitative estimate of drug-likeness (QED) is 0.611. The van der Waals surface area contributed by atoms with Crippen molar-refractivity contribution in [3.05, 3.63) is 35.4 Å². The highest BCUT2D eigenvalue weighted by Crippen LogP contribution is 2.25. The van der Waals surface area contributed by atoms with Crippen LogP contribution in [0.25, 0.3) is 0 Å². The summed E-state index contributed by atoms with van der Waals surface area (Å²) in [4.78, 5) is 0. The fourth-order valence-electron chi connectivity index (χ4n) is 2.68. The highest BCUT2D eigenvalue weighted by molar-refractivity contribution is 5.26. The van der Waals surface area contributed by atoms with E-state index in [0.717, 1.165) is 19.4 Å². The van der Waals surface area contributed by atoms with Gasteiger partial charge in [0.05, 0.1) is 6.10 Å². The number of ether oxygens (including phenoxy) is 1. The van der Waals surface area contributed by atoms with Crippen LogP contribution in [-0.2, 0) is 4.74 Å². The van der Waals surface area contributed by atoms with Gasteiger partial charge in [-0.1, -0.05) is 38.1 Å². The summed E-state index contributed by atoms with van der Waals surface area (Å²) >= 11 is 0. The van der Waals surface area contributed by atoms with Crippen LogP contribution in [0.5, 0.6) is 0 Å². The zero-order chi connectivity index (χ0) is 13.7. The summed E-state index contributed by atoms with van der Waals surface area (Å²) < 4.78 is 5.67. The van der Waals surface area contributed by atoms with E-state index in [4.69, 9.17) is 10.6 Å². The smallest absolute Gasteiger partial charge is 0.0576 e. The van der Waals surface area contributed by atoms with Crippen LogP contribution in [0.2, 0.25) is 0 Å². The Hall–Kier alpha value is -0.900. The number of hydrogen-bond acceptors (Lipinski definition) is 3. The molecule has 106 valence electrons. The predicted octanol–water partition coefficient (Wildman–Crippen LogP) is 3.27. The van der Waals surface area contributed by atoms with Gasteiger partial charge in [0.15, 0.2) is 0 Å². The van der Waals surface area contributed by atoms with Gasteiger partial charge in [-0.3, -0.25) is 11.3 Å². The van der Waals surface area contributed by atoms with E-state index in [1.165, 1.54) is 24.0 Å². The molecule has 1 fully saturated rings. The summed E-state index contributed by atoms with van der Waals surface area (Å²) in [6, 6.07) is 9.02. The Morgan fingerprint density at radius 2 is 1.95 bits per heavy atom. The molecule has 2 rings (SSSR count). The van der Waals surface area contributed by atoms with Crippen LogP contribution in [0, 0.1) is 0 Å². The molecule has 0 amide bonds. The first-order chi connectivity index (χ1) is 9.20. The van der Waals surface area contributed by atoms with E-state index in [1.54, 1.807) is 0 Å². The Morgan fingerprint density at radius 1 is 1.26 bits per heavy atom. The molecule has 1 heterocycles. The molecule has 1 aromatic rings. The molecular formula is C16H26N2O. The van der Waals surface area contributed by atoms with E-state index in [0.29, 0.717) is 12.0 Å². The summed E-state index contributed by atoms with van der Waals surface area (Å²) in [5.41, 5.74) is 5.58. The van der Waals surface area contributed by atoms with Crippen LogP contribution >= 0.6 is 0 Å². The maximum absolute atomic E-state index is 5.70. The molecule has 2 atom stereocenters. The summed E-state index contributed by atoms with van der Waals surface area (Å²) in [6.07, 6.45) is 4.95. The second kappa shape index (κ2) is 7.04. The van der Waals surface area contributed by atoms with Gasteiger partial charge in [-0.05, 0) is 42.7 Å². The topological polar surface area (TPSA) is 47.3 Å². The number of rotatable bonds is 6. The van der Waals surface area contributed by atoms with Crippen LogP contribution in [-0.4, -0.2) is 12.7 Å². The van der Waals surface area contributed by atoms with Crippen LogP contribution in [0.3, 0.4) is 0 Å². The first-order valence-electron chi connectivity index (χ1n) is 7.38. The van der Waals surface area contributed by atoms with Crippen molar-refractivity contribution in [3.8, 4) is 0 Å². The average Bonchev–Trinajstić information content (AvgIpc) is 2.93.